The molecule has 1 saturated heterocycles. The number of benzene rings is 1. The van der Waals surface area contributed by atoms with E-state index < -0.39 is 0 Å². The molecule has 30 heavy (non-hydrogen) atoms. The molecule has 9 nitrogen and oxygen atoms in total. The summed E-state index contributed by atoms with van der Waals surface area (Å²) >= 11 is 0. The number of fused-ring (bicyclic) bond motifs is 1. The number of carbonyl (C=O) groups excluding carboxylic acids is 1. The monoisotopic (exact) mass is 405 g/mol. The average molecular weight is 405 g/mol. The zero-order valence-electron chi connectivity index (χ0n) is 16.3. The van der Waals surface area contributed by atoms with Gasteiger partial charge in [0.05, 0.1) is 13.4 Å². The first-order valence-corrected chi connectivity index (χ1v) is 9.58. The lowest BCUT2D eigenvalue weighted by Crippen LogP contribution is -2.49. The van der Waals surface area contributed by atoms with Gasteiger partial charge in [-0.05, 0) is 24.3 Å². The third-order valence-electron chi connectivity index (χ3n) is 5.21. The van der Waals surface area contributed by atoms with E-state index >= 15 is 0 Å². The van der Waals surface area contributed by atoms with E-state index in [0.29, 0.717) is 49.1 Å². The predicted octanol–water partition coefficient (Wildman–Crippen LogP) is 2.85. The van der Waals surface area contributed by atoms with Gasteiger partial charge >= 0.3 is 0 Å². The number of hydrogen-bond acceptors (Lipinski definition) is 8. The second-order valence-electron chi connectivity index (χ2n) is 6.87. The van der Waals surface area contributed by atoms with Gasteiger partial charge in [-0.1, -0.05) is 17.3 Å². The Balaban J connectivity index is 1.46. The third-order valence-corrected chi connectivity index (χ3v) is 5.21. The number of anilines is 1. The molecule has 0 radical (unpaired) electrons. The van der Waals surface area contributed by atoms with Crippen LogP contribution in [-0.4, -0.2) is 59.2 Å². The lowest BCUT2D eigenvalue weighted by molar-refractivity contribution is 0.0714. The van der Waals surface area contributed by atoms with Crippen molar-refractivity contribution in [1.29, 1.82) is 0 Å². The van der Waals surface area contributed by atoms with E-state index in [2.05, 4.69) is 20.0 Å². The highest BCUT2D eigenvalue weighted by atomic mass is 16.5. The second kappa shape index (κ2) is 7.51. The van der Waals surface area contributed by atoms with Crippen LogP contribution in [-0.2, 0) is 0 Å². The lowest BCUT2D eigenvalue weighted by Gasteiger charge is -2.35. The molecule has 4 aromatic rings. The van der Waals surface area contributed by atoms with Crippen molar-refractivity contribution < 1.29 is 18.5 Å². The highest BCUT2D eigenvalue weighted by Gasteiger charge is 2.27. The third kappa shape index (κ3) is 3.04. The number of nitrogens with zero attached hydrogens (tertiary/aromatic N) is 5. The largest absolute Gasteiger partial charge is 0.496 e. The Morgan fingerprint density at radius 1 is 1.07 bits per heavy atom. The van der Waals surface area contributed by atoms with Crippen molar-refractivity contribution in [2.24, 2.45) is 0 Å². The molecular formula is C21H19N5O4. The van der Waals surface area contributed by atoms with Crippen LogP contribution in [0.5, 0.6) is 5.75 Å². The van der Waals surface area contributed by atoms with Crippen molar-refractivity contribution in [2.45, 2.75) is 0 Å². The van der Waals surface area contributed by atoms with Crippen molar-refractivity contribution in [3.8, 4) is 17.0 Å². The van der Waals surface area contributed by atoms with Crippen molar-refractivity contribution >= 4 is 22.8 Å². The molecule has 0 bridgehead atoms. The van der Waals surface area contributed by atoms with Crippen LogP contribution in [0.4, 0.5) is 5.82 Å². The second-order valence-corrected chi connectivity index (χ2v) is 6.87. The summed E-state index contributed by atoms with van der Waals surface area (Å²) in [5.74, 6) is 1.67. The molecule has 1 aliphatic rings. The molecule has 0 saturated carbocycles. The van der Waals surface area contributed by atoms with E-state index in [4.69, 9.17) is 13.7 Å². The molecule has 9 heteroatoms. The number of aromatic nitrogens is 3. The number of amides is 1. The molecule has 152 valence electrons. The molecule has 0 atom stereocenters. The maximum Gasteiger partial charge on any atom is 0.289 e. The minimum Gasteiger partial charge on any atom is -0.496 e. The van der Waals surface area contributed by atoms with Crippen LogP contribution in [0, 0.1) is 0 Å². The van der Waals surface area contributed by atoms with Gasteiger partial charge in [0.25, 0.3) is 11.6 Å². The van der Waals surface area contributed by atoms with Gasteiger partial charge in [0.15, 0.2) is 5.76 Å². The fourth-order valence-corrected chi connectivity index (χ4v) is 3.71. The van der Waals surface area contributed by atoms with Gasteiger partial charge in [0.2, 0.25) is 0 Å². The van der Waals surface area contributed by atoms with Crippen LogP contribution in [0.25, 0.3) is 22.4 Å². The standard InChI is InChI=1S/C21H19N5O4/c1-28-15-6-3-2-5-14(15)18-17-19(22-13-23-20(17)30-24-18)25-8-10-26(11-9-25)21(27)16-7-4-12-29-16/h2-7,12-13H,8-11H2,1H3. The Morgan fingerprint density at radius 2 is 1.90 bits per heavy atom. The van der Waals surface area contributed by atoms with Gasteiger partial charge in [-0.2, -0.15) is 4.98 Å². The fourth-order valence-electron chi connectivity index (χ4n) is 3.71. The van der Waals surface area contributed by atoms with Crippen molar-refractivity contribution in [3.63, 3.8) is 0 Å². The van der Waals surface area contributed by atoms with Gasteiger partial charge in [0.1, 0.15) is 29.0 Å². The first kappa shape index (κ1) is 18.2. The van der Waals surface area contributed by atoms with Gasteiger partial charge < -0.3 is 23.5 Å². The Bertz CT molecular complexity index is 1180. The lowest BCUT2D eigenvalue weighted by atomic mass is 10.1. The molecule has 0 unspecified atom stereocenters. The van der Waals surface area contributed by atoms with E-state index in [9.17, 15) is 4.79 Å². The Morgan fingerprint density at radius 3 is 2.67 bits per heavy atom. The molecule has 1 aliphatic heterocycles. The number of piperazine rings is 1. The summed E-state index contributed by atoms with van der Waals surface area (Å²) in [5.41, 5.74) is 1.85. The molecule has 3 aromatic heterocycles. The Labute approximate surface area is 171 Å². The molecule has 0 N–H and O–H groups in total. The summed E-state index contributed by atoms with van der Waals surface area (Å²) in [7, 11) is 1.62. The molecule has 5 rings (SSSR count). The predicted molar refractivity (Wildman–Crippen MR) is 108 cm³/mol. The Hall–Kier alpha value is -3.88. The fraction of sp³-hybridized carbons (Fsp3) is 0.238. The number of methoxy groups -OCH3 is 1. The minimum absolute atomic E-state index is 0.104. The summed E-state index contributed by atoms with van der Waals surface area (Å²) < 4.78 is 16.2. The molecule has 0 spiro atoms. The number of hydrogen-bond donors (Lipinski definition) is 0. The summed E-state index contributed by atoms with van der Waals surface area (Å²) in [6, 6.07) is 11.0. The van der Waals surface area contributed by atoms with Crippen LogP contribution in [0.1, 0.15) is 10.6 Å². The van der Waals surface area contributed by atoms with Crippen molar-refractivity contribution in [3.05, 3.63) is 54.7 Å². The maximum atomic E-state index is 12.5. The van der Waals surface area contributed by atoms with Crippen LogP contribution < -0.4 is 9.64 Å². The summed E-state index contributed by atoms with van der Waals surface area (Å²) in [6.07, 6.45) is 2.97. The van der Waals surface area contributed by atoms with E-state index in [-0.39, 0.29) is 5.91 Å². The Kier molecular flexibility index (Phi) is 4.55. The highest BCUT2D eigenvalue weighted by molar-refractivity contribution is 5.99. The average Bonchev–Trinajstić information content (AvgIpc) is 3.49. The smallest absolute Gasteiger partial charge is 0.289 e. The topological polar surface area (TPSA) is 97.7 Å². The SMILES string of the molecule is COc1ccccc1-c1noc2ncnc(N3CCN(C(=O)c4ccco4)CC3)c12. The molecular weight excluding hydrogens is 386 g/mol. The molecule has 1 fully saturated rings. The van der Waals surface area contributed by atoms with Crippen molar-refractivity contribution in [2.75, 3.05) is 38.2 Å². The van der Waals surface area contributed by atoms with E-state index in [0.717, 1.165) is 16.8 Å². The van der Waals surface area contributed by atoms with Gasteiger partial charge in [-0.25, -0.2) is 4.98 Å². The summed E-state index contributed by atoms with van der Waals surface area (Å²) in [5, 5.41) is 4.97. The number of para-hydroxylation sites is 1. The molecule has 1 amide bonds. The van der Waals surface area contributed by atoms with E-state index in [1.165, 1.54) is 12.6 Å². The van der Waals surface area contributed by atoms with Gasteiger partial charge in [-0.15, -0.1) is 0 Å². The van der Waals surface area contributed by atoms with Crippen LogP contribution in [0.15, 0.2) is 57.9 Å². The van der Waals surface area contributed by atoms with E-state index in [1.54, 1.807) is 24.1 Å². The van der Waals surface area contributed by atoms with Crippen LogP contribution in [0.2, 0.25) is 0 Å². The van der Waals surface area contributed by atoms with Crippen molar-refractivity contribution in [1.82, 2.24) is 20.0 Å². The normalized spacial score (nSPS) is 14.3. The first-order chi connectivity index (χ1) is 14.8. The van der Waals surface area contributed by atoms with Gasteiger partial charge in [-0.3, -0.25) is 4.79 Å². The minimum atomic E-state index is -0.104. The van der Waals surface area contributed by atoms with Crippen LogP contribution >= 0.6 is 0 Å². The highest BCUT2D eigenvalue weighted by Crippen LogP contribution is 2.37. The van der Waals surface area contributed by atoms with E-state index in [1.807, 2.05) is 24.3 Å². The summed E-state index contributed by atoms with van der Waals surface area (Å²) in [6.45, 7) is 2.35. The zero-order chi connectivity index (χ0) is 20.5. The molecule has 1 aromatic carbocycles. The van der Waals surface area contributed by atoms with Gasteiger partial charge in [0, 0.05) is 31.7 Å². The maximum absolute atomic E-state index is 12.5. The first-order valence-electron chi connectivity index (χ1n) is 9.58. The number of rotatable bonds is 4. The number of ether oxygens (including phenoxy) is 1. The summed E-state index contributed by atoms with van der Waals surface area (Å²) in [4.78, 5) is 25.2. The molecule has 0 aliphatic carbocycles. The number of furan rings is 1. The molecule has 4 heterocycles. The zero-order valence-corrected chi connectivity index (χ0v) is 16.3. The quantitative estimate of drug-likeness (QED) is 0.511. The number of carbonyl (C=O) groups is 1. The van der Waals surface area contributed by atoms with Crippen LogP contribution in [0.3, 0.4) is 0 Å².